The summed E-state index contributed by atoms with van der Waals surface area (Å²) in [5, 5.41) is 3.63. The molecule has 2 aliphatic rings. The highest BCUT2D eigenvalue weighted by atomic mass is 16.5. The summed E-state index contributed by atoms with van der Waals surface area (Å²) < 4.78 is 5.43. The van der Waals surface area contributed by atoms with Crippen molar-refractivity contribution in [3.63, 3.8) is 0 Å². The first-order valence-electron chi connectivity index (χ1n) is 7.44. The van der Waals surface area contributed by atoms with E-state index in [-0.39, 0.29) is 0 Å². The van der Waals surface area contributed by atoms with Gasteiger partial charge in [-0.1, -0.05) is 6.92 Å². The Kier molecular flexibility index (Phi) is 5.42. The predicted molar refractivity (Wildman–Crippen MR) is 74.7 cm³/mol. The lowest BCUT2D eigenvalue weighted by Gasteiger charge is -2.34. The van der Waals surface area contributed by atoms with Crippen LogP contribution in [0.3, 0.4) is 0 Å². The smallest absolute Gasteiger partial charge is 0.0471 e. The van der Waals surface area contributed by atoms with Gasteiger partial charge in [-0.2, -0.15) is 0 Å². The Balaban J connectivity index is 1.55. The molecule has 106 valence electrons. The van der Waals surface area contributed by atoms with Gasteiger partial charge in [0.1, 0.15) is 0 Å². The zero-order valence-corrected chi connectivity index (χ0v) is 11.8. The second-order valence-electron chi connectivity index (χ2n) is 6.28. The van der Waals surface area contributed by atoms with E-state index in [2.05, 4.69) is 17.1 Å². The predicted octanol–water partition coefficient (Wildman–Crippen LogP) is 0.816. The number of likely N-dealkylation sites (tertiary alicyclic amines) is 1. The van der Waals surface area contributed by atoms with Gasteiger partial charge in [-0.3, -0.25) is 0 Å². The van der Waals surface area contributed by atoms with Crippen LogP contribution in [0.2, 0.25) is 0 Å². The first-order valence-corrected chi connectivity index (χ1v) is 7.44. The zero-order valence-electron chi connectivity index (χ0n) is 11.8. The first kappa shape index (κ1) is 14.3. The van der Waals surface area contributed by atoms with Crippen LogP contribution in [0.5, 0.6) is 0 Å². The summed E-state index contributed by atoms with van der Waals surface area (Å²) in [6.45, 7) is 9.99. The first-order chi connectivity index (χ1) is 8.68. The molecule has 0 aromatic carbocycles. The van der Waals surface area contributed by atoms with E-state index in [9.17, 15) is 0 Å². The number of ether oxygens (including phenoxy) is 1. The fourth-order valence-electron chi connectivity index (χ4n) is 2.84. The minimum atomic E-state index is 0.440. The van der Waals surface area contributed by atoms with Gasteiger partial charge in [-0.05, 0) is 44.2 Å². The molecular weight excluding hydrogens is 226 g/mol. The average Bonchev–Trinajstić information content (AvgIpc) is 2.38. The highest BCUT2D eigenvalue weighted by molar-refractivity contribution is 4.80. The van der Waals surface area contributed by atoms with Crippen molar-refractivity contribution in [3.05, 3.63) is 0 Å². The van der Waals surface area contributed by atoms with Gasteiger partial charge in [-0.15, -0.1) is 0 Å². The quantitative estimate of drug-likeness (QED) is 0.714. The van der Waals surface area contributed by atoms with Gasteiger partial charge < -0.3 is 20.7 Å². The third kappa shape index (κ3) is 4.50. The van der Waals surface area contributed by atoms with Gasteiger partial charge in [0.2, 0.25) is 0 Å². The molecule has 4 nitrogen and oxygen atoms in total. The molecular formula is C14H29N3O. The van der Waals surface area contributed by atoms with Crippen LogP contribution in [0, 0.1) is 5.41 Å². The van der Waals surface area contributed by atoms with Crippen LogP contribution >= 0.6 is 0 Å². The largest absolute Gasteiger partial charge is 0.381 e. The summed E-state index contributed by atoms with van der Waals surface area (Å²) in [5.41, 5.74) is 6.36. The summed E-state index contributed by atoms with van der Waals surface area (Å²) in [4.78, 5) is 2.53. The monoisotopic (exact) mass is 255 g/mol. The van der Waals surface area contributed by atoms with Crippen LogP contribution in [-0.2, 0) is 4.74 Å². The number of rotatable bonds is 5. The number of nitrogens with one attached hydrogen (secondary N) is 1. The van der Waals surface area contributed by atoms with Gasteiger partial charge in [0, 0.05) is 38.9 Å². The zero-order chi connectivity index (χ0) is 12.8. The van der Waals surface area contributed by atoms with Gasteiger partial charge in [0.15, 0.2) is 0 Å². The van der Waals surface area contributed by atoms with Crippen molar-refractivity contribution in [3.8, 4) is 0 Å². The van der Waals surface area contributed by atoms with Crippen molar-refractivity contribution >= 4 is 0 Å². The summed E-state index contributed by atoms with van der Waals surface area (Å²) in [6, 6.07) is 0.440. The molecule has 0 saturated carbocycles. The Bertz CT molecular complexity index is 233. The third-order valence-electron chi connectivity index (χ3n) is 4.49. The lowest BCUT2D eigenvalue weighted by Crippen LogP contribution is -2.44. The molecule has 0 aromatic rings. The molecule has 18 heavy (non-hydrogen) atoms. The number of nitrogens with two attached hydrogens (primary N) is 1. The standard InChI is InChI=1S/C14H29N3O/c1-14(4-10-18-11-5-14)12-16-6-9-17-7-2-13(15)3-8-17/h13,16H,2-12,15H2,1H3. The summed E-state index contributed by atoms with van der Waals surface area (Å²) in [6.07, 6.45) is 4.71. The number of hydrogen-bond acceptors (Lipinski definition) is 4. The van der Waals surface area contributed by atoms with Crippen LogP contribution in [0.1, 0.15) is 32.6 Å². The van der Waals surface area contributed by atoms with Crippen molar-refractivity contribution in [2.75, 3.05) is 45.9 Å². The fraction of sp³-hybridized carbons (Fsp3) is 1.00. The van der Waals surface area contributed by atoms with E-state index in [1.807, 2.05) is 0 Å². The Morgan fingerprint density at radius 2 is 1.94 bits per heavy atom. The van der Waals surface area contributed by atoms with E-state index in [0.29, 0.717) is 11.5 Å². The molecule has 2 saturated heterocycles. The minimum Gasteiger partial charge on any atom is -0.381 e. The highest BCUT2D eigenvalue weighted by Gasteiger charge is 2.26. The van der Waals surface area contributed by atoms with E-state index < -0.39 is 0 Å². The maximum atomic E-state index is 5.91. The number of hydrogen-bond donors (Lipinski definition) is 2. The summed E-state index contributed by atoms with van der Waals surface area (Å²) in [5.74, 6) is 0. The lowest BCUT2D eigenvalue weighted by molar-refractivity contribution is 0.0239. The van der Waals surface area contributed by atoms with E-state index >= 15 is 0 Å². The topological polar surface area (TPSA) is 50.5 Å². The molecule has 2 rings (SSSR count). The van der Waals surface area contributed by atoms with Gasteiger partial charge >= 0.3 is 0 Å². The maximum Gasteiger partial charge on any atom is 0.0471 e. The molecule has 4 heteroatoms. The van der Waals surface area contributed by atoms with E-state index in [0.717, 1.165) is 39.1 Å². The van der Waals surface area contributed by atoms with Crippen LogP contribution in [0.25, 0.3) is 0 Å². The van der Waals surface area contributed by atoms with Crippen molar-refractivity contribution in [1.82, 2.24) is 10.2 Å². The Labute approximate surface area is 111 Å². The molecule has 0 aliphatic carbocycles. The highest BCUT2D eigenvalue weighted by Crippen LogP contribution is 2.28. The molecule has 2 heterocycles. The fourth-order valence-corrected chi connectivity index (χ4v) is 2.84. The van der Waals surface area contributed by atoms with Crippen LogP contribution in [0.15, 0.2) is 0 Å². The van der Waals surface area contributed by atoms with E-state index in [1.165, 1.54) is 32.5 Å². The Morgan fingerprint density at radius 1 is 1.28 bits per heavy atom. The van der Waals surface area contributed by atoms with Gasteiger partial charge in [-0.25, -0.2) is 0 Å². The Hall–Kier alpha value is -0.160. The summed E-state index contributed by atoms with van der Waals surface area (Å²) in [7, 11) is 0. The average molecular weight is 255 g/mol. The molecule has 0 radical (unpaired) electrons. The molecule has 0 amide bonds. The number of nitrogens with zero attached hydrogens (tertiary/aromatic N) is 1. The second-order valence-corrected chi connectivity index (χ2v) is 6.28. The summed E-state index contributed by atoms with van der Waals surface area (Å²) >= 11 is 0. The molecule has 3 N–H and O–H groups in total. The van der Waals surface area contributed by atoms with E-state index in [4.69, 9.17) is 10.5 Å². The molecule has 0 aromatic heterocycles. The van der Waals surface area contributed by atoms with Crippen LogP contribution in [-0.4, -0.2) is 56.9 Å². The second kappa shape index (κ2) is 6.85. The molecule has 0 bridgehead atoms. The molecule has 0 unspecified atom stereocenters. The van der Waals surface area contributed by atoms with E-state index in [1.54, 1.807) is 0 Å². The normalized spacial score (nSPS) is 26.3. The third-order valence-corrected chi connectivity index (χ3v) is 4.49. The molecule has 0 spiro atoms. The van der Waals surface area contributed by atoms with Crippen molar-refractivity contribution in [2.24, 2.45) is 11.1 Å². The number of piperidine rings is 1. The van der Waals surface area contributed by atoms with Crippen molar-refractivity contribution in [2.45, 2.75) is 38.6 Å². The van der Waals surface area contributed by atoms with Crippen LogP contribution in [0.4, 0.5) is 0 Å². The lowest BCUT2D eigenvalue weighted by atomic mass is 9.82. The maximum absolute atomic E-state index is 5.91. The van der Waals surface area contributed by atoms with Crippen molar-refractivity contribution in [1.29, 1.82) is 0 Å². The molecule has 2 aliphatic heterocycles. The molecule has 0 atom stereocenters. The van der Waals surface area contributed by atoms with Gasteiger partial charge in [0.05, 0.1) is 0 Å². The van der Waals surface area contributed by atoms with Gasteiger partial charge in [0.25, 0.3) is 0 Å². The van der Waals surface area contributed by atoms with Crippen LogP contribution < -0.4 is 11.1 Å². The SMILES string of the molecule is CC1(CNCCN2CCC(N)CC2)CCOCC1. The molecule has 2 fully saturated rings. The Morgan fingerprint density at radius 3 is 2.61 bits per heavy atom. The minimum absolute atomic E-state index is 0.440. The van der Waals surface area contributed by atoms with Crippen molar-refractivity contribution < 1.29 is 4.74 Å².